The van der Waals surface area contributed by atoms with Crippen LogP contribution in [-0.2, 0) is 4.79 Å². The molecule has 0 saturated carbocycles. The molecule has 0 aromatic rings. The first kappa shape index (κ1) is 14.7. The van der Waals surface area contributed by atoms with Crippen molar-refractivity contribution in [3.05, 3.63) is 0 Å². The molecule has 0 aromatic heterocycles. The second-order valence-electron chi connectivity index (χ2n) is 4.75. The van der Waals surface area contributed by atoms with Gasteiger partial charge in [-0.25, -0.2) is 4.79 Å². The quantitative estimate of drug-likeness (QED) is 0.600. The minimum absolute atomic E-state index is 0.139. The SMILES string of the molecule is CC1(C(=O)O)CCN(C(=O)N(CCO)CCO)C1. The lowest BCUT2D eigenvalue weighted by Crippen LogP contribution is -2.45. The molecular formula is C11H20N2O5. The molecule has 7 heteroatoms. The zero-order chi connectivity index (χ0) is 13.8. The van der Waals surface area contributed by atoms with Crippen molar-refractivity contribution < 1.29 is 24.9 Å². The molecule has 0 aliphatic carbocycles. The van der Waals surface area contributed by atoms with Gasteiger partial charge in [-0.3, -0.25) is 4.79 Å². The van der Waals surface area contributed by atoms with E-state index in [-0.39, 0.29) is 38.9 Å². The maximum atomic E-state index is 12.1. The number of urea groups is 1. The van der Waals surface area contributed by atoms with Gasteiger partial charge in [0.25, 0.3) is 0 Å². The van der Waals surface area contributed by atoms with Gasteiger partial charge in [0, 0.05) is 26.2 Å². The summed E-state index contributed by atoms with van der Waals surface area (Å²) in [6.45, 7) is 2.07. The second-order valence-corrected chi connectivity index (χ2v) is 4.75. The number of hydrogen-bond donors (Lipinski definition) is 3. The summed E-state index contributed by atoms with van der Waals surface area (Å²) in [7, 11) is 0. The number of likely N-dealkylation sites (tertiary alicyclic amines) is 1. The molecule has 1 aliphatic rings. The molecule has 1 heterocycles. The minimum atomic E-state index is -0.909. The van der Waals surface area contributed by atoms with Crippen molar-refractivity contribution in [2.24, 2.45) is 5.41 Å². The third kappa shape index (κ3) is 3.11. The summed E-state index contributed by atoms with van der Waals surface area (Å²) in [6.07, 6.45) is 0.417. The van der Waals surface area contributed by atoms with E-state index in [0.717, 1.165) is 0 Å². The summed E-state index contributed by atoms with van der Waals surface area (Å²) < 4.78 is 0. The van der Waals surface area contributed by atoms with Gasteiger partial charge in [-0.15, -0.1) is 0 Å². The van der Waals surface area contributed by atoms with Crippen LogP contribution in [-0.4, -0.2) is 76.5 Å². The van der Waals surface area contributed by atoms with Crippen LogP contribution in [0.15, 0.2) is 0 Å². The molecule has 0 aromatic carbocycles. The molecule has 0 bridgehead atoms. The molecule has 1 fully saturated rings. The van der Waals surface area contributed by atoms with Gasteiger partial charge < -0.3 is 25.1 Å². The molecule has 1 aliphatic heterocycles. The second kappa shape index (κ2) is 6.01. The number of hydrogen-bond acceptors (Lipinski definition) is 4. The Morgan fingerprint density at radius 1 is 1.28 bits per heavy atom. The van der Waals surface area contributed by atoms with Crippen molar-refractivity contribution in [3.63, 3.8) is 0 Å². The summed E-state index contributed by atoms with van der Waals surface area (Å²) >= 11 is 0. The van der Waals surface area contributed by atoms with Crippen molar-refractivity contribution in [2.75, 3.05) is 39.4 Å². The fraction of sp³-hybridized carbons (Fsp3) is 0.818. The third-order valence-corrected chi connectivity index (χ3v) is 3.27. The van der Waals surface area contributed by atoms with Crippen LogP contribution >= 0.6 is 0 Å². The van der Waals surface area contributed by atoms with E-state index in [1.165, 1.54) is 9.80 Å². The predicted octanol–water partition coefficient (Wildman–Crippen LogP) is -0.810. The van der Waals surface area contributed by atoms with Crippen molar-refractivity contribution >= 4 is 12.0 Å². The first-order valence-corrected chi connectivity index (χ1v) is 5.93. The van der Waals surface area contributed by atoms with Crippen LogP contribution in [0.2, 0.25) is 0 Å². The van der Waals surface area contributed by atoms with Gasteiger partial charge in [0.2, 0.25) is 0 Å². The molecule has 18 heavy (non-hydrogen) atoms. The first-order chi connectivity index (χ1) is 8.44. The van der Waals surface area contributed by atoms with Crippen molar-refractivity contribution in [3.8, 4) is 0 Å². The highest BCUT2D eigenvalue weighted by Crippen LogP contribution is 2.30. The largest absolute Gasteiger partial charge is 0.481 e. The summed E-state index contributed by atoms with van der Waals surface area (Å²) in [5.74, 6) is -0.909. The molecule has 2 amide bonds. The highest BCUT2D eigenvalue weighted by molar-refractivity contribution is 5.79. The number of rotatable bonds is 5. The maximum Gasteiger partial charge on any atom is 0.320 e. The monoisotopic (exact) mass is 260 g/mol. The van der Waals surface area contributed by atoms with Gasteiger partial charge in [0.15, 0.2) is 0 Å². The highest BCUT2D eigenvalue weighted by Gasteiger charge is 2.42. The van der Waals surface area contributed by atoms with Gasteiger partial charge in [0.1, 0.15) is 0 Å². The number of carbonyl (C=O) groups is 2. The van der Waals surface area contributed by atoms with Crippen molar-refractivity contribution in [1.29, 1.82) is 0 Å². The van der Waals surface area contributed by atoms with Crippen LogP contribution in [0.4, 0.5) is 4.79 Å². The Kier molecular flexibility index (Phi) is 4.92. The zero-order valence-electron chi connectivity index (χ0n) is 10.5. The Morgan fingerprint density at radius 2 is 1.83 bits per heavy atom. The van der Waals surface area contributed by atoms with Gasteiger partial charge in [0.05, 0.1) is 18.6 Å². The maximum absolute atomic E-state index is 12.1. The minimum Gasteiger partial charge on any atom is -0.481 e. The molecule has 7 nitrogen and oxygen atoms in total. The third-order valence-electron chi connectivity index (χ3n) is 3.27. The Labute approximate surface area is 106 Å². The van der Waals surface area contributed by atoms with Crippen LogP contribution in [0.1, 0.15) is 13.3 Å². The van der Waals surface area contributed by atoms with Gasteiger partial charge in [-0.1, -0.05) is 0 Å². The molecule has 0 radical (unpaired) electrons. The topological polar surface area (TPSA) is 101 Å². The number of aliphatic hydroxyl groups is 2. The van der Waals surface area contributed by atoms with E-state index in [2.05, 4.69) is 0 Å². The predicted molar refractivity (Wildman–Crippen MR) is 63.1 cm³/mol. The molecule has 1 saturated heterocycles. The van der Waals surface area contributed by atoms with Crippen LogP contribution in [0.5, 0.6) is 0 Å². The lowest BCUT2D eigenvalue weighted by molar-refractivity contribution is -0.147. The number of carbonyl (C=O) groups excluding carboxylic acids is 1. The van der Waals surface area contributed by atoms with E-state index in [1.807, 2.05) is 0 Å². The average Bonchev–Trinajstić information content (AvgIpc) is 2.72. The number of carboxylic acids is 1. The number of aliphatic carboxylic acids is 1. The van der Waals surface area contributed by atoms with E-state index in [0.29, 0.717) is 13.0 Å². The number of aliphatic hydroxyl groups excluding tert-OH is 2. The molecule has 104 valence electrons. The Hall–Kier alpha value is -1.34. The molecule has 0 spiro atoms. The van der Waals surface area contributed by atoms with Crippen molar-refractivity contribution in [1.82, 2.24) is 9.80 Å². The van der Waals surface area contributed by atoms with Gasteiger partial charge >= 0.3 is 12.0 Å². The Bertz CT molecular complexity index is 317. The van der Waals surface area contributed by atoms with E-state index < -0.39 is 11.4 Å². The van der Waals surface area contributed by atoms with Crippen molar-refractivity contribution in [2.45, 2.75) is 13.3 Å². The van der Waals surface area contributed by atoms with E-state index in [9.17, 15) is 9.59 Å². The standard InChI is InChI=1S/C11H20N2O5/c1-11(9(16)17)2-3-13(8-11)10(18)12(4-6-14)5-7-15/h14-15H,2-8H2,1H3,(H,16,17). The van der Waals surface area contributed by atoms with Crippen LogP contribution in [0.3, 0.4) is 0 Å². The van der Waals surface area contributed by atoms with Crippen LogP contribution in [0.25, 0.3) is 0 Å². The normalized spacial score (nSPS) is 23.2. The zero-order valence-corrected chi connectivity index (χ0v) is 10.5. The fourth-order valence-electron chi connectivity index (χ4n) is 2.04. The molecule has 1 unspecified atom stereocenters. The smallest absolute Gasteiger partial charge is 0.320 e. The number of nitrogens with zero attached hydrogens (tertiary/aromatic N) is 2. The first-order valence-electron chi connectivity index (χ1n) is 5.93. The summed E-state index contributed by atoms with van der Waals surface area (Å²) in [5, 5.41) is 26.8. The molecule has 3 N–H and O–H groups in total. The summed E-state index contributed by atoms with van der Waals surface area (Å²) in [6, 6.07) is -0.330. The van der Waals surface area contributed by atoms with Gasteiger partial charge in [-0.2, -0.15) is 0 Å². The summed E-state index contributed by atoms with van der Waals surface area (Å²) in [4.78, 5) is 25.9. The van der Waals surface area contributed by atoms with E-state index in [1.54, 1.807) is 6.92 Å². The van der Waals surface area contributed by atoms with E-state index >= 15 is 0 Å². The number of amides is 2. The summed E-state index contributed by atoms with van der Waals surface area (Å²) in [5.41, 5.74) is -0.903. The van der Waals surface area contributed by atoms with E-state index in [4.69, 9.17) is 15.3 Å². The lowest BCUT2D eigenvalue weighted by atomic mass is 9.90. The van der Waals surface area contributed by atoms with Gasteiger partial charge in [-0.05, 0) is 13.3 Å². The molecule has 1 rings (SSSR count). The fourth-order valence-corrected chi connectivity index (χ4v) is 2.04. The highest BCUT2D eigenvalue weighted by atomic mass is 16.4. The Balaban J connectivity index is 2.65. The van der Waals surface area contributed by atoms with Crippen LogP contribution in [0, 0.1) is 5.41 Å². The van der Waals surface area contributed by atoms with Crippen LogP contribution < -0.4 is 0 Å². The Morgan fingerprint density at radius 3 is 2.22 bits per heavy atom. The average molecular weight is 260 g/mol. The number of carboxylic acid groups (broad SMARTS) is 1. The lowest BCUT2D eigenvalue weighted by Gasteiger charge is -2.27. The molecule has 1 atom stereocenters. The molecular weight excluding hydrogens is 240 g/mol.